The van der Waals surface area contributed by atoms with Gasteiger partial charge in [-0.2, -0.15) is 0 Å². The molecule has 2 unspecified atom stereocenters. The van der Waals surface area contributed by atoms with Crippen molar-refractivity contribution in [2.45, 2.75) is 77.5 Å². The van der Waals surface area contributed by atoms with Gasteiger partial charge < -0.3 is 10.5 Å². The lowest BCUT2D eigenvalue weighted by atomic mass is 9.54. The minimum Gasteiger partial charge on any atom is -0.378 e. The molecule has 2 atom stereocenters. The summed E-state index contributed by atoms with van der Waals surface area (Å²) in [4.78, 5) is 2.62. The summed E-state index contributed by atoms with van der Waals surface area (Å²) in [5.41, 5.74) is 6.74. The van der Waals surface area contributed by atoms with Gasteiger partial charge in [0.25, 0.3) is 0 Å². The fourth-order valence-corrected chi connectivity index (χ4v) is 3.91. The predicted molar refractivity (Wildman–Crippen MR) is 80.2 cm³/mol. The van der Waals surface area contributed by atoms with Crippen LogP contribution >= 0.6 is 0 Å². The van der Waals surface area contributed by atoms with Gasteiger partial charge in [0.2, 0.25) is 0 Å². The van der Waals surface area contributed by atoms with E-state index in [0.29, 0.717) is 6.10 Å². The van der Waals surface area contributed by atoms with Gasteiger partial charge in [-0.1, -0.05) is 33.6 Å². The first-order valence-electron chi connectivity index (χ1n) is 8.09. The molecule has 0 heterocycles. The first kappa shape index (κ1) is 15.3. The van der Waals surface area contributed by atoms with Gasteiger partial charge in [0.15, 0.2) is 0 Å². The van der Waals surface area contributed by atoms with Crippen LogP contribution in [0, 0.1) is 5.41 Å². The Morgan fingerprint density at radius 2 is 1.84 bits per heavy atom. The van der Waals surface area contributed by atoms with E-state index in [2.05, 4.69) is 32.6 Å². The van der Waals surface area contributed by atoms with Crippen molar-refractivity contribution in [2.24, 2.45) is 11.1 Å². The van der Waals surface area contributed by atoms with Gasteiger partial charge in [0.05, 0.1) is 6.10 Å². The molecule has 112 valence electrons. The van der Waals surface area contributed by atoms with Crippen molar-refractivity contribution in [1.29, 1.82) is 0 Å². The molecule has 0 saturated heterocycles. The summed E-state index contributed by atoms with van der Waals surface area (Å²) in [7, 11) is 0. The van der Waals surface area contributed by atoms with Crippen molar-refractivity contribution in [3.8, 4) is 0 Å². The van der Waals surface area contributed by atoms with Crippen LogP contribution in [0.5, 0.6) is 0 Å². The Kier molecular flexibility index (Phi) is 4.59. The van der Waals surface area contributed by atoms with Crippen LogP contribution in [0.25, 0.3) is 0 Å². The maximum absolute atomic E-state index is 6.72. The molecule has 0 bridgehead atoms. The van der Waals surface area contributed by atoms with Crippen molar-refractivity contribution in [3.63, 3.8) is 0 Å². The fourth-order valence-electron chi connectivity index (χ4n) is 3.91. The second-order valence-electron chi connectivity index (χ2n) is 7.03. The van der Waals surface area contributed by atoms with E-state index in [-0.39, 0.29) is 11.0 Å². The third-order valence-electron chi connectivity index (χ3n) is 5.74. The van der Waals surface area contributed by atoms with Gasteiger partial charge in [-0.25, -0.2) is 0 Å². The molecule has 19 heavy (non-hydrogen) atoms. The molecule has 2 N–H and O–H groups in total. The molecule has 0 spiro atoms. The lowest BCUT2D eigenvalue weighted by Crippen LogP contribution is -2.74. The Balaban J connectivity index is 1.97. The zero-order valence-corrected chi connectivity index (χ0v) is 13.2. The second kappa shape index (κ2) is 5.71. The van der Waals surface area contributed by atoms with E-state index in [1.165, 1.54) is 25.7 Å². The number of hydrogen-bond acceptors (Lipinski definition) is 3. The molecular formula is C16H32N2O. The minimum absolute atomic E-state index is 0.0779. The van der Waals surface area contributed by atoms with E-state index in [0.717, 1.165) is 32.2 Å². The highest BCUT2D eigenvalue weighted by Gasteiger charge is 2.59. The molecule has 0 radical (unpaired) electrons. The molecule has 2 aliphatic rings. The first-order valence-corrected chi connectivity index (χ1v) is 8.09. The molecule has 0 aliphatic heterocycles. The van der Waals surface area contributed by atoms with Crippen LogP contribution in [0.2, 0.25) is 0 Å². The van der Waals surface area contributed by atoms with Crippen LogP contribution in [0.1, 0.15) is 59.8 Å². The van der Waals surface area contributed by atoms with Crippen molar-refractivity contribution < 1.29 is 4.74 Å². The highest BCUT2D eigenvalue weighted by atomic mass is 16.5. The maximum Gasteiger partial charge on any atom is 0.0662 e. The number of likely N-dealkylation sites (N-methyl/N-ethyl adjacent to an activating group) is 1. The van der Waals surface area contributed by atoms with Crippen LogP contribution < -0.4 is 5.73 Å². The minimum atomic E-state index is -0.0779. The lowest BCUT2D eigenvalue weighted by molar-refractivity contribution is -0.158. The molecule has 3 nitrogen and oxygen atoms in total. The third kappa shape index (κ3) is 2.70. The zero-order chi connectivity index (χ0) is 14.1. The Bertz CT molecular complexity index is 299. The molecule has 2 aliphatic carbocycles. The Morgan fingerprint density at radius 1 is 1.21 bits per heavy atom. The van der Waals surface area contributed by atoms with Gasteiger partial charge in [-0.05, 0) is 32.7 Å². The summed E-state index contributed by atoms with van der Waals surface area (Å²) < 4.78 is 5.83. The number of hydrogen-bond donors (Lipinski definition) is 1. The summed E-state index contributed by atoms with van der Waals surface area (Å²) in [6.07, 6.45) is 6.85. The SMILES string of the molecule is CCOC1CC(N)(CN(CC)C2CCCC2)C1(C)C. The smallest absolute Gasteiger partial charge is 0.0662 e. The third-order valence-corrected chi connectivity index (χ3v) is 5.74. The highest BCUT2D eigenvalue weighted by molar-refractivity contribution is 5.15. The topological polar surface area (TPSA) is 38.5 Å². The zero-order valence-electron chi connectivity index (χ0n) is 13.2. The number of ether oxygens (including phenoxy) is 1. The summed E-state index contributed by atoms with van der Waals surface area (Å²) in [6, 6.07) is 0.771. The van der Waals surface area contributed by atoms with Crippen LogP contribution in [0.3, 0.4) is 0 Å². The molecule has 2 rings (SSSR count). The monoisotopic (exact) mass is 268 g/mol. The van der Waals surface area contributed by atoms with Crippen LogP contribution in [-0.4, -0.2) is 42.3 Å². The van der Waals surface area contributed by atoms with Gasteiger partial charge in [-0.15, -0.1) is 0 Å². The number of nitrogens with zero attached hydrogens (tertiary/aromatic N) is 1. The second-order valence-corrected chi connectivity index (χ2v) is 7.03. The maximum atomic E-state index is 6.72. The molecule has 0 aromatic rings. The summed E-state index contributed by atoms with van der Waals surface area (Å²) in [5.74, 6) is 0. The Morgan fingerprint density at radius 3 is 2.32 bits per heavy atom. The van der Waals surface area contributed by atoms with E-state index in [4.69, 9.17) is 10.5 Å². The molecule has 0 aromatic heterocycles. The molecular weight excluding hydrogens is 236 g/mol. The van der Waals surface area contributed by atoms with E-state index >= 15 is 0 Å². The summed E-state index contributed by atoms with van der Waals surface area (Å²) in [5, 5.41) is 0. The fraction of sp³-hybridized carbons (Fsp3) is 1.00. The summed E-state index contributed by atoms with van der Waals surface area (Å²) in [6.45, 7) is 11.9. The van der Waals surface area contributed by atoms with Crippen molar-refractivity contribution >= 4 is 0 Å². The van der Waals surface area contributed by atoms with Crippen LogP contribution in [0.15, 0.2) is 0 Å². The summed E-state index contributed by atoms with van der Waals surface area (Å²) >= 11 is 0. The quantitative estimate of drug-likeness (QED) is 0.805. The highest BCUT2D eigenvalue weighted by Crippen LogP contribution is 2.50. The van der Waals surface area contributed by atoms with Crippen LogP contribution in [0.4, 0.5) is 0 Å². The van der Waals surface area contributed by atoms with Gasteiger partial charge in [-0.3, -0.25) is 4.90 Å². The Labute approximate surface area is 118 Å². The Hall–Kier alpha value is -0.120. The molecule has 3 heteroatoms. The normalized spacial score (nSPS) is 34.7. The van der Waals surface area contributed by atoms with Crippen molar-refractivity contribution in [3.05, 3.63) is 0 Å². The van der Waals surface area contributed by atoms with E-state index in [9.17, 15) is 0 Å². The van der Waals surface area contributed by atoms with Crippen molar-refractivity contribution in [1.82, 2.24) is 4.90 Å². The average Bonchev–Trinajstić information content (AvgIpc) is 2.89. The molecule has 2 fully saturated rings. The van der Waals surface area contributed by atoms with Crippen molar-refractivity contribution in [2.75, 3.05) is 19.7 Å². The number of nitrogens with two attached hydrogens (primary N) is 1. The van der Waals surface area contributed by atoms with Gasteiger partial charge >= 0.3 is 0 Å². The molecule has 2 saturated carbocycles. The van der Waals surface area contributed by atoms with E-state index in [1.54, 1.807) is 0 Å². The lowest BCUT2D eigenvalue weighted by Gasteiger charge is -2.60. The molecule has 0 amide bonds. The average molecular weight is 268 g/mol. The molecule has 0 aromatic carbocycles. The van der Waals surface area contributed by atoms with Crippen LogP contribution in [-0.2, 0) is 4.74 Å². The largest absolute Gasteiger partial charge is 0.378 e. The van der Waals surface area contributed by atoms with Gasteiger partial charge in [0.1, 0.15) is 0 Å². The van der Waals surface area contributed by atoms with Gasteiger partial charge in [0, 0.05) is 30.1 Å². The first-order chi connectivity index (χ1) is 8.94. The van der Waals surface area contributed by atoms with E-state index < -0.39 is 0 Å². The predicted octanol–water partition coefficient (Wildman–Crippen LogP) is 2.78. The standard InChI is InChI=1S/C16H32N2O/c1-5-18(13-9-7-8-10-13)12-16(17)11-14(19-6-2)15(16,3)4/h13-14H,5-12,17H2,1-4H3. The van der Waals surface area contributed by atoms with E-state index in [1.807, 2.05) is 0 Å². The number of rotatable bonds is 6.